The highest BCUT2D eigenvalue weighted by Crippen LogP contribution is 2.18. The van der Waals surface area contributed by atoms with Gasteiger partial charge in [0.05, 0.1) is 5.56 Å². The molecule has 20 heavy (non-hydrogen) atoms. The van der Waals surface area contributed by atoms with Crippen LogP contribution in [-0.4, -0.2) is 30.6 Å². The number of halogens is 1. The fraction of sp³-hybridized carbons (Fsp3) is 0.308. The molecule has 0 bridgehead atoms. The van der Waals surface area contributed by atoms with E-state index in [0.717, 1.165) is 12.8 Å². The third-order valence-corrected chi connectivity index (χ3v) is 2.80. The highest BCUT2D eigenvalue weighted by molar-refractivity contribution is 6.30. The van der Waals surface area contributed by atoms with Crippen LogP contribution in [0.2, 0.25) is 5.02 Å². The molecule has 1 aromatic rings. The highest BCUT2D eigenvalue weighted by atomic mass is 35.5. The van der Waals surface area contributed by atoms with Gasteiger partial charge < -0.3 is 10.1 Å². The summed E-state index contributed by atoms with van der Waals surface area (Å²) in [5.74, 6) is -1.36. The number of carbonyl (C=O) groups excluding carboxylic acids is 3. The van der Waals surface area contributed by atoms with E-state index in [-0.39, 0.29) is 11.6 Å². The van der Waals surface area contributed by atoms with Gasteiger partial charge in [-0.05, 0) is 31.0 Å². The first-order chi connectivity index (χ1) is 9.54. The van der Waals surface area contributed by atoms with Gasteiger partial charge in [0.1, 0.15) is 0 Å². The van der Waals surface area contributed by atoms with Crippen LogP contribution in [0.5, 0.6) is 0 Å². The van der Waals surface area contributed by atoms with Gasteiger partial charge in [-0.25, -0.2) is 9.59 Å². The molecule has 0 saturated heterocycles. The first-order valence-electron chi connectivity index (χ1n) is 6.07. The van der Waals surface area contributed by atoms with Gasteiger partial charge in [-0.3, -0.25) is 10.1 Å². The van der Waals surface area contributed by atoms with Crippen molar-refractivity contribution in [2.75, 3.05) is 6.61 Å². The number of nitrogens with one attached hydrogen (secondary N) is 2. The molecular weight excluding hydrogens is 284 g/mol. The third-order valence-electron chi connectivity index (χ3n) is 2.56. The van der Waals surface area contributed by atoms with E-state index in [4.69, 9.17) is 16.3 Å². The van der Waals surface area contributed by atoms with Crippen LogP contribution < -0.4 is 10.6 Å². The van der Waals surface area contributed by atoms with Gasteiger partial charge in [0.15, 0.2) is 6.61 Å². The molecule has 0 unspecified atom stereocenters. The Labute approximate surface area is 120 Å². The first kappa shape index (κ1) is 14.3. The Balaban J connectivity index is 1.74. The lowest BCUT2D eigenvalue weighted by Crippen LogP contribution is -2.42. The summed E-state index contributed by atoms with van der Waals surface area (Å²) in [4.78, 5) is 34.3. The lowest BCUT2D eigenvalue weighted by Gasteiger charge is -2.06. The van der Waals surface area contributed by atoms with E-state index < -0.39 is 24.5 Å². The maximum atomic E-state index is 11.6. The molecule has 0 heterocycles. The number of hydrogen-bond acceptors (Lipinski definition) is 4. The zero-order chi connectivity index (χ0) is 14.5. The Hall–Kier alpha value is -2.08. The molecule has 3 amide bonds. The minimum atomic E-state index is -0.682. The van der Waals surface area contributed by atoms with Gasteiger partial charge in [-0.2, -0.15) is 0 Å². The van der Waals surface area contributed by atoms with E-state index in [2.05, 4.69) is 10.6 Å². The average molecular weight is 297 g/mol. The van der Waals surface area contributed by atoms with Crippen molar-refractivity contribution in [3.05, 3.63) is 34.9 Å². The molecule has 1 aliphatic carbocycles. The Kier molecular flexibility index (Phi) is 4.57. The molecule has 0 radical (unpaired) electrons. The van der Waals surface area contributed by atoms with Crippen molar-refractivity contribution in [2.24, 2.45) is 0 Å². The molecule has 0 aromatic heterocycles. The van der Waals surface area contributed by atoms with Gasteiger partial charge in [0.25, 0.3) is 5.91 Å². The summed E-state index contributed by atoms with van der Waals surface area (Å²) in [6.07, 6.45) is 1.84. The van der Waals surface area contributed by atoms with Crippen molar-refractivity contribution < 1.29 is 19.1 Å². The number of rotatable bonds is 4. The van der Waals surface area contributed by atoms with Crippen LogP contribution in [0, 0.1) is 0 Å². The van der Waals surface area contributed by atoms with Gasteiger partial charge >= 0.3 is 12.0 Å². The molecule has 2 rings (SSSR count). The average Bonchev–Trinajstić information content (AvgIpc) is 3.19. The molecule has 7 heteroatoms. The number of ether oxygens (including phenoxy) is 1. The van der Waals surface area contributed by atoms with E-state index in [9.17, 15) is 14.4 Å². The molecular formula is C13H13ClN2O4. The summed E-state index contributed by atoms with van der Waals surface area (Å²) in [5.41, 5.74) is 0.243. The number of hydrogen-bond donors (Lipinski definition) is 2. The first-order valence-corrected chi connectivity index (χ1v) is 6.45. The molecule has 106 valence electrons. The Morgan fingerprint density at radius 2 is 2.05 bits per heavy atom. The monoisotopic (exact) mass is 296 g/mol. The summed E-state index contributed by atoms with van der Waals surface area (Å²) in [7, 11) is 0. The number of amides is 3. The lowest BCUT2D eigenvalue weighted by molar-refractivity contribution is -0.123. The normalized spacial score (nSPS) is 13.4. The highest BCUT2D eigenvalue weighted by Gasteiger charge is 2.24. The van der Waals surface area contributed by atoms with Crippen molar-refractivity contribution in [3.8, 4) is 0 Å². The molecule has 1 aliphatic rings. The van der Waals surface area contributed by atoms with Crippen molar-refractivity contribution in [1.82, 2.24) is 10.6 Å². The molecule has 1 fully saturated rings. The van der Waals surface area contributed by atoms with E-state index in [0.29, 0.717) is 5.02 Å². The maximum Gasteiger partial charge on any atom is 0.338 e. The molecule has 1 saturated carbocycles. The summed E-state index contributed by atoms with van der Waals surface area (Å²) >= 11 is 5.73. The van der Waals surface area contributed by atoms with E-state index in [1.54, 1.807) is 12.1 Å². The zero-order valence-electron chi connectivity index (χ0n) is 10.5. The van der Waals surface area contributed by atoms with Gasteiger partial charge in [-0.1, -0.05) is 17.7 Å². The molecule has 0 atom stereocenters. The van der Waals surface area contributed by atoms with Gasteiger partial charge in [-0.15, -0.1) is 0 Å². The van der Waals surface area contributed by atoms with E-state index in [1.807, 2.05) is 0 Å². The zero-order valence-corrected chi connectivity index (χ0v) is 11.3. The predicted octanol–water partition coefficient (Wildman–Crippen LogP) is 1.49. The number of carbonyl (C=O) groups is 3. The Morgan fingerprint density at radius 1 is 1.30 bits per heavy atom. The van der Waals surface area contributed by atoms with Crippen LogP contribution in [0.4, 0.5) is 4.79 Å². The van der Waals surface area contributed by atoms with Gasteiger partial charge in [0.2, 0.25) is 0 Å². The summed E-state index contributed by atoms with van der Waals surface area (Å²) < 4.78 is 4.78. The minimum Gasteiger partial charge on any atom is -0.452 e. The fourth-order valence-electron chi connectivity index (χ4n) is 1.44. The minimum absolute atomic E-state index is 0.150. The number of esters is 1. The number of urea groups is 1. The molecule has 2 N–H and O–H groups in total. The SMILES string of the molecule is O=C(COC(=O)c1cccc(Cl)c1)NC(=O)NC1CC1. The quantitative estimate of drug-likeness (QED) is 0.824. The molecule has 0 spiro atoms. The van der Waals surface area contributed by atoms with Crippen LogP contribution in [-0.2, 0) is 9.53 Å². The molecule has 6 nitrogen and oxygen atoms in total. The largest absolute Gasteiger partial charge is 0.452 e. The maximum absolute atomic E-state index is 11.6. The third kappa shape index (κ3) is 4.55. The van der Waals surface area contributed by atoms with Crippen LogP contribution in [0.3, 0.4) is 0 Å². The van der Waals surface area contributed by atoms with Crippen molar-refractivity contribution >= 4 is 29.5 Å². The Morgan fingerprint density at radius 3 is 2.70 bits per heavy atom. The predicted molar refractivity (Wildman–Crippen MR) is 71.4 cm³/mol. The number of benzene rings is 1. The lowest BCUT2D eigenvalue weighted by atomic mass is 10.2. The summed E-state index contributed by atoms with van der Waals surface area (Å²) in [5, 5.41) is 5.06. The summed E-state index contributed by atoms with van der Waals surface area (Å²) in [6, 6.07) is 5.75. The van der Waals surface area contributed by atoms with Gasteiger partial charge in [0, 0.05) is 11.1 Å². The summed E-state index contributed by atoms with van der Waals surface area (Å²) in [6.45, 7) is -0.524. The van der Waals surface area contributed by atoms with Crippen molar-refractivity contribution in [2.45, 2.75) is 18.9 Å². The number of imide groups is 1. The van der Waals surface area contributed by atoms with E-state index >= 15 is 0 Å². The second kappa shape index (κ2) is 6.38. The van der Waals surface area contributed by atoms with Crippen molar-refractivity contribution in [1.29, 1.82) is 0 Å². The van der Waals surface area contributed by atoms with Crippen molar-refractivity contribution in [3.63, 3.8) is 0 Å². The smallest absolute Gasteiger partial charge is 0.338 e. The van der Waals surface area contributed by atoms with Crippen LogP contribution in [0.25, 0.3) is 0 Å². The fourth-order valence-corrected chi connectivity index (χ4v) is 1.63. The second-order valence-electron chi connectivity index (χ2n) is 4.38. The second-order valence-corrected chi connectivity index (χ2v) is 4.82. The topological polar surface area (TPSA) is 84.5 Å². The van der Waals surface area contributed by atoms with E-state index in [1.165, 1.54) is 12.1 Å². The van der Waals surface area contributed by atoms with Crippen LogP contribution in [0.15, 0.2) is 24.3 Å². The van der Waals surface area contributed by atoms with Crippen LogP contribution in [0.1, 0.15) is 23.2 Å². The Bertz CT molecular complexity index is 543. The molecule has 1 aromatic carbocycles. The van der Waals surface area contributed by atoms with Crippen LogP contribution >= 0.6 is 11.6 Å². The molecule has 0 aliphatic heterocycles. The standard InChI is InChI=1S/C13H13ClN2O4/c14-9-3-1-2-8(6-9)12(18)20-7-11(17)16-13(19)15-10-4-5-10/h1-3,6,10H,4-5,7H2,(H2,15,16,17,19).